The fourth-order valence-corrected chi connectivity index (χ4v) is 4.57. The molecule has 0 saturated heterocycles. The zero-order chi connectivity index (χ0) is 21.3. The van der Waals surface area contributed by atoms with Crippen molar-refractivity contribution in [2.45, 2.75) is 12.8 Å². The fraction of sp³-hybridized carbons (Fsp3) is 0.143. The van der Waals surface area contributed by atoms with Crippen LogP contribution in [0, 0.1) is 0 Å². The van der Waals surface area contributed by atoms with Gasteiger partial charge in [0.25, 0.3) is 0 Å². The lowest BCUT2D eigenvalue weighted by molar-refractivity contribution is -0.137. The predicted molar refractivity (Wildman–Crippen MR) is 110 cm³/mol. The maximum atomic E-state index is 12.8. The van der Waals surface area contributed by atoms with Gasteiger partial charge in [0.2, 0.25) is 0 Å². The van der Waals surface area contributed by atoms with Crippen LogP contribution in [0.4, 0.5) is 13.2 Å². The first-order chi connectivity index (χ1) is 14.4. The van der Waals surface area contributed by atoms with Crippen LogP contribution >= 0.6 is 22.7 Å². The Morgan fingerprint density at radius 1 is 1.13 bits per heavy atom. The van der Waals surface area contributed by atoms with E-state index in [2.05, 4.69) is 4.98 Å². The first-order valence-electron chi connectivity index (χ1n) is 8.69. The molecule has 0 aliphatic carbocycles. The molecule has 30 heavy (non-hydrogen) atoms. The quantitative estimate of drug-likeness (QED) is 0.331. The standard InChI is InChI=1S/C21H14F3NO3S2/c1-27-20(26)14-6-7-17-15(8-18(30-17)16-10-29-11-25-16)19(14)28-9-12-2-4-13(5-3-12)21(22,23)24/h2-8,10-11H,9H2,1H3. The number of nitrogens with zero attached hydrogens (tertiary/aromatic N) is 1. The van der Waals surface area contributed by atoms with Crippen molar-refractivity contribution in [2.24, 2.45) is 0 Å². The Kier molecular flexibility index (Phi) is 5.48. The van der Waals surface area contributed by atoms with Gasteiger partial charge in [-0.05, 0) is 35.9 Å². The Bertz CT molecular complexity index is 1180. The van der Waals surface area contributed by atoms with Crippen LogP contribution in [0.25, 0.3) is 20.7 Å². The highest BCUT2D eigenvalue weighted by atomic mass is 32.1. The van der Waals surface area contributed by atoms with Crippen molar-refractivity contribution in [1.29, 1.82) is 0 Å². The number of carbonyl (C=O) groups excluding carboxylic acids is 1. The highest BCUT2D eigenvalue weighted by molar-refractivity contribution is 7.22. The number of halogens is 3. The number of alkyl halides is 3. The van der Waals surface area contributed by atoms with E-state index in [0.29, 0.717) is 11.3 Å². The van der Waals surface area contributed by atoms with E-state index in [1.54, 1.807) is 11.6 Å². The third kappa shape index (κ3) is 4.03. The topological polar surface area (TPSA) is 48.4 Å². The van der Waals surface area contributed by atoms with Crippen LogP contribution < -0.4 is 4.74 Å². The first-order valence-corrected chi connectivity index (χ1v) is 10.4. The van der Waals surface area contributed by atoms with E-state index < -0.39 is 17.7 Å². The van der Waals surface area contributed by atoms with Crippen molar-refractivity contribution < 1.29 is 27.4 Å². The second-order valence-electron chi connectivity index (χ2n) is 6.31. The lowest BCUT2D eigenvalue weighted by Crippen LogP contribution is -2.07. The zero-order valence-electron chi connectivity index (χ0n) is 15.5. The second kappa shape index (κ2) is 8.08. The minimum Gasteiger partial charge on any atom is -0.487 e. The molecule has 9 heteroatoms. The molecule has 0 aliphatic rings. The molecule has 0 bridgehead atoms. The maximum Gasteiger partial charge on any atom is 0.416 e. The van der Waals surface area contributed by atoms with Gasteiger partial charge in [0.1, 0.15) is 17.9 Å². The highest BCUT2D eigenvalue weighted by Crippen LogP contribution is 2.40. The Hall–Kier alpha value is -2.91. The van der Waals surface area contributed by atoms with Gasteiger partial charge in [-0.3, -0.25) is 0 Å². The van der Waals surface area contributed by atoms with Crippen LogP contribution in [-0.2, 0) is 17.5 Å². The monoisotopic (exact) mass is 449 g/mol. The predicted octanol–water partition coefficient (Wildman–Crippen LogP) is 6.41. The summed E-state index contributed by atoms with van der Waals surface area (Å²) in [6, 6.07) is 10.1. The zero-order valence-corrected chi connectivity index (χ0v) is 17.2. The van der Waals surface area contributed by atoms with E-state index >= 15 is 0 Å². The number of thiazole rings is 1. The van der Waals surface area contributed by atoms with Gasteiger partial charge in [-0.1, -0.05) is 12.1 Å². The van der Waals surface area contributed by atoms with Crippen molar-refractivity contribution >= 4 is 38.7 Å². The molecule has 0 spiro atoms. The summed E-state index contributed by atoms with van der Waals surface area (Å²) < 4.78 is 50.0. The summed E-state index contributed by atoms with van der Waals surface area (Å²) in [6.07, 6.45) is -4.40. The fourth-order valence-electron chi connectivity index (χ4n) is 2.92. The van der Waals surface area contributed by atoms with E-state index in [0.717, 1.165) is 32.8 Å². The van der Waals surface area contributed by atoms with E-state index in [1.807, 2.05) is 17.5 Å². The minimum absolute atomic E-state index is 0.00310. The summed E-state index contributed by atoms with van der Waals surface area (Å²) in [6.45, 7) is 0.00310. The molecule has 2 aromatic heterocycles. The third-order valence-electron chi connectivity index (χ3n) is 4.41. The number of carbonyl (C=O) groups is 1. The number of benzene rings is 2. The number of fused-ring (bicyclic) bond motifs is 1. The molecule has 0 N–H and O–H groups in total. The molecule has 0 saturated carbocycles. The number of ether oxygens (including phenoxy) is 2. The average Bonchev–Trinajstić information content (AvgIpc) is 3.40. The van der Waals surface area contributed by atoms with Gasteiger partial charge in [0.05, 0.1) is 28.8 Å². The molecule has 154 valence electrons. The van der Waals surface area contributed by atoms with Crippen LogP contribution in [0.3, 0.4) is 0 Å². The van der Waals surface area contributed by atoms with Gasteiger partial charge < -0.3 is 9.47 Å². The summed E-state index contributed by atoms with van der Waals surface area (Å²) in [5.74, 6) is -0.224. The molecule has 0 amide bonds. The Morgan fingerprint density at radius 2 is 1.90 bits per heavy atom. The molecule has 0 aliphatic heterocycles. The van der Waals surface area contributed by atoms with E-state index in [4.69, 9.17) is 9.47 Å². The number of hydrogen-bond acceptors (Lipinski definition) is 6. The summed E-state index contributed by atoms with van der Waals surface area (Å²) in [7, 11) is 1.28. The van der Waals surface area contributed by atoms with E-state index in [1.165, 1.54) is 41.9 Å². The second-order valence-corrected chi connectivity index (χ2v) is 8.12. The van der Waals surface area contributed by atoms with Crippen molar-refractivity contribution in [3.05, 3.63) is 70.0 Å². The maximum absolute atomic E-state index is 12.8. The summed E-state index contributed by atoms with van der Waals surface area (Å²) in [5.41, 5.74) is 2.64. The van der Waals surface area contributed by atoms with Crippen LogP contribution in [-0.4, -0.2) is 18.1 Å². The lowest BCUT2D eigenvalue weighted by atomic mass is 10.1. The molecule has 0 radical (unpaired) electrons. The Labute approximate surface area is 177 Å². The number of aromatic nitrogens is 1. The normalized spacial score (nSPS) is 11.6. The molecular weight excluding hydrogens is 435 g/mol. The van der Waals surface area contributed by atoms with Crippen molar-refractivity contribution in [1.82, 2.24) is 4.98 Å². The molecule has 2 heterocycles. The van der Waals surface area contributed by atoms with Gasteiger partial charge >= 0.3 is 12.1 Å². The van der Waals surface area contributed by atoms with Gasteiger partial charge in [0, 0.05) is 15.5 Å². The average molecular weight is 449 g/mol. The molecule has 0 unspecified atom stereocenters. The molecule has 2 aromatic carbocycles. The first kappa shape index (κ1) is 20.4. The van der Waals surface area contributed by atoms with Gasteiger partial charge in [-0.2, -0.15) is 13.2 Å². The number of hydrogen-bond donors (Lipinski definition) is 0. The molecular formula is C21H14F3NO3S2. The van der Waals surface area contributed by atoms with Crippen molar-refractivity contribution in [3.8, 4) is 16.3 Å². The molecule has 4 rings (SSSR count). The largest absolute Gasteiger partial charge is 0.487 e. The van der Waals surface area contributed by atoms with Crippen LogP contribution in [0.2, 0.25) is 0 Å². The summed E-state index contributed by atoms with van der Waals surface area (Å²) >= 11 is 2.99. The van der Waals surface area contributed by atoms with Gasteiger partial charge in [-0.15, -0.1) is 22.7 Å². The van der Waals surface area contributed by atoms with Crippen LogP contribution in [0.5, 0.6) is 5.75 Å². The smallest absolute Gasteiger partial charge is 0.416 e. The number of rotatable bonds is 5. The van der Waals surface area contributed by atoms with Gasteiger partial charge in [-0.25, -0.2) is 9.78 Å². The third-order valence-corrected chi connectivity index (χ3v) is 6.12. The lowest BCUT2D eigenvalue weighted by Gasteiger charge is -2.12. The molecule has 4 aromatic rings. The Balaban J connectivity index is 1.69. The summed E-state index contributed by atoms with van der Waals surface area (Å²) in [5, 5.41) is 2.65. The van der Waals surface area contributed by atoms with Crippen LogP contribution in [0.15, 0.2) is 53.4 Å². The van der Waals surface area contributed by atoms with E-state index in [9.17, 15) is 18.0 Å². The molecule has 0 atom stereocenters. The minimum atomic E-state index is -4.40. The number of esters is 1. The van der Waals surface area contributed by atoms with Crippen LogP contribution in [0.1, 0.15) is 21.5 Å². The number of methoxy groups -OCH3 is 1. The molecule has 4 nitrogen and oxygen atoms in total. The van der Waals surface area contributed by atoms with Crippen molar-refractivity contribution in [3.63, 3.8) is 0 Å². The SMILES string of the molecule is COC(=O)c1ccc2sc(-c3cscn3)cc2c1OCc1ccc(C(F)(F)F)cc1. The summed E-state index contributed by atoms with van der Waals surface area (Å²) in [4.78, 5) is 17.5. The highest BCUT2D eigenvalue weighted by Gasteiger charge is 2.30. The molecule has 0 fully saturated rings. The van der Waals surface area contributed by atoms with E-state index in [-0.39, 0.29) is 12.2 Å². The number of thiophene rings is 1. The van der Waals surface area contributed by atoms with Gasteiger partial charge in [0.15, 0.2) is 0 Å². The Morgan fingerprint density at radius 3 is 2.53 bits per heavy atom. The van der Waals surface area contributed by atoms with Crippen molar-refractivity contribution in [2.75, 3.05) is 7.11 Å².